The zero-order valence-corrected chi connectivity index (χ0v) is 14.8. The molecule has 30 heavy (non-hydrogen) atoms. The predicted octanol–water partition coefficient (Wildman–Crippen LogP) is 3.94. The maximum absolute atomic E-state index is 14.1. The van der Waals surface area contributed by atoms with Crippen molar-refractivity contribution in [2.75, 3.05) is 11.1 Å². The number of nitrogens with two attached hydrogens (primary N) is 1. The fourth-order valence-corrected chi connectivity index (χ4v) is 2.91. The van der Waals surface area contributed by atoms with Crippen LogP contribution in [0.5, 0.6) is 11.5 Å². The Balaban J connectivity index is 2.86. The third-order valence-corrected chi connectivity index (χ3v) is 4.25. The first-order valence-corrected chi connectivity index (χ1v) is 7.98. The molecule has 1 amide bonds. The molecule has 0 bridgehead atoms. The summed E-state index contributed by atoms with van der Waals surface area (Å²) in [7, 11) is 0. The van der Waals surface area contributed by atoms with Gasteiger partial charge in [0.2, 0.25) is 11.3 Å². The van der Waals surface area contributed by atoms with E-state index >= 15 is 0 Å². The Morgan fingerprint density at radius 1 is 0.967 bits per heavy atom. The van der Waals surface area contributed by atoms with Crippen molar-refractivity contribution in [2.24, 2.45) is 0 Å². The van der Waals surface area contributed by atoms with Gasteiger partial charge in [0.15, 0.2) is 0 Å². The summed E-state index contributed by atoms with van der Waals surface area (Å²) in [6.07, 6.45) is -12.6. The average molecular weight is 433 g/mol. The molecule has 0 radical (unpaired) electrons. The highest BCUT2D eigenvalue weighted by molar-refractivity contribution is 5.93. The van der Waals surface area contributed by atoms with Gasteiger partial charge >= 0.3 is 12.4 Å². The van der Waals surface area contributed by atoms with Gasteiger partial charge in [-0.3, -0.25) is 4.79 Å². The molecule has 0 saturated heterocycles. The van der Waals surface area contributed by atoms with Crippen molar-refractivity contribution in [1.29, 1.82) is 5.26 Å². The minimum atomic E-state index is -5.94. The molecule has 12 heteroatoms. The fourth-order valence-electron chi connectivity index (χ4n) is 2.91. The number of carbonyl (C=O) groups is 1. The molecule has 0 unspecified atom stereocenters. The first-order valence-electron chi connectivity index (χ1n) is 7.98. The minimum Gasteiger partial charge on any atom is -0.506 e. The summed E-state index contributed by atoms with van der Waals surface area (Å²) in [6, 6.07) is 4.07. The highest BCUT2D eigenvalue weighted by atomic mass is 19.4. The Labute approximate surface area is 165 Å². The van der Waals surface area contributed by atoms with Crippen LogP contribution in [0, 0.1) is 11.3 Å². The molecule has 0 aliphatic rings. The highest BCUT2D eigenvalue weighted by Gasteiger charge is 2.72. The summed E-state index contributed by atoms with van der Waals surface area (Å²) in [5.74, 6) is -2.58. The number of hydrogen-bond donors (Lipinski definition) is 4. The van der Waals surface area contributed by atoms with Crippen LogP contribution in [-0.2, 0) is 10.2 Å². The Hall–Kier alpha value is -3.62. The van der Waals surface area contributed by atoms with Crippen molar-refractivity contribution in [1.82, 2.24) is 0 Å². The normalized spacial score (nSPS) is 12.3. The lowest BCUT2D eigenvalue weighted by molar-refractivity contribution is -0.288. The van der Waals surface area contributed by atoms with E-state index in [0.29, 0.717) is 36.4 Å². The first kappa shape index (κ1) is 22.7. The SMILES string of the molecule is N#CCC(=O)Nc1cc(C(c2ccc(O)c(N)c2)(C(F)(F)F)C(F)(F)F)ccc1O. The van der Waals surface area contributed by atoms with Crippen molar-refractivity contribution in [3.8, 4) is 17.6 Å². The monoisotopic (exact) mass is 433 g/mol. The molecule has 6 nitrogen and oxygen atoms in total. The first-order chi connectivity index (χ1) is 13.8. The van der Waals surface area contributed by atoms with Gasteiger partial charge < -0.3 is 21.3 Å². The van der Waals surface area contributed by atoms with E-state index in [4.69, 9.17) is 11.0 Å². The second kappa shape index (κ2) is 7.66. The number of nitrogen functional groups attached to an aromatic ring is 1. The quantitative estimate of drug-likeness (QED) is 0.331. The number of phenols is 2. The number of nitrogens with one attached hydrogen (secondary N) is 1. The lowest BCUT2D eigenvalue weighted by Gasteiger charge is -2.38. The van der Waals surface area contributed by atoms with Crippen molar-refractivity contribution in [3.05, 3.63) is 47.5 Å². The van der Waals surface area contributed by atoms with Gasteiger partial charge in [0.25, 0.3) is 0 Å². The molecule has 0 atom stereocenters. The van der Waals surface area contributed by atoms with Crippen molar-refractivity contribution in [3.63, 3.8) is 0 Å². The van der Waals surface area contributed by atoms with E-state index in [0.717, 1.165) is 0 Å². The number of anilines is 2. The van der Waals surface area contributed by atoms with Gasteiger partial charge in [-0.15, -0.1) is 0 Å². The third kappa shape index (κ3) is 3.78. The molecule has 160 valence electrons. The van der Waals surface area contributed by atoms with Crippen LogP contribution in [0.1, 0.15) is 17.5 Å². The number of amides is 1. The molecule has 2 rings (SSSR count). The number of benzene rings is 2. The van der Waals surface area contributed by atoms with E-state index in [9.17, 15) is 41.4 Å². The van der Waals surface area contributed by atoms with E-state index in [1.807, 2.05) is 5.32 Å². The number of carbonyl (C=O) groups excluding carboxylic acids is 1. The van der Waals surface area contributed by atoms with Crippen LogP contribution in [0.2, 0.25) is 0 Å². The Kier molecular flexibility index (Phi) is 5.79. The van der Waals surface area contributed by atoms with Crippen LogP contribution >= 0.6 is 0 Å². The van der Waals surface area contributed by atoms with Crippen molar-refractivity contribution in [2.45, 2.75) is 24.2 Å². The topological polar surface area (TPSA) is 119 Å². The van der Waals surface area contributed by atoms with Crippen LogP contribution < -0.4 is 11.1 Å². The van der Waals surface area contributed by atoms with Crippen LogP contribution in [0.4, 0.5) is 37.7 Å². The number of rotatable bonds is 4. The largest absolute Gasteiger partial charge is 0.506 e. The fraction of sp³-hybridized carbons (Fsp3) is 0.222. The number of phenolic OH excluding ortho intramolecular Hbond substituents is 2. The van der Waals surface area contributed by atoms with Gasteiger partial charge in [-0.2, -0.15) is 31.6 Å². The zero-order valence-electron chi connectivity index (χ0n) is 14.8. The molecule has 2 aromatic carbocycles. The molecular weight excluding hydrogens is 420 g/mol. The van der Waals surface area contributed by atoms with E-state index in [1.54, 1.807) is 0 Å². The number of nitriles is 1. The summed E-state index contributed by atoms with van der Waals surface area (Å²) < 4.78 is 84.4. The molecule has 2 aromatic rings. The molecule has 0 aromatic heterocycles. The minimum absolute atomic E-state index is 0.314. The molecule has 0 aliphatic carbocycles. The molecule has 0 fully saturated rings. The summed E-state index contributed by atoms with van der Waals surface area (Å²) in [6.45, 7) is 0. The standard InChI is InChI=1S/C18H13F6N3O3/c19-17(20,21)16(18(22,23)24,9-1-3-13(28)11(26)7-9)10-2-4-14(29)12(8-10)27-15(30)5-6-25/h1-4,7-8,28-29H,5,26H2,(H,27,30). The van der Waals surface area contributed by atoms with E-state index in [1.165, 1.54) is 6.07 Å². The van der Waals surface area contributed by atoms with E-state index in [2.05, 4.69) is 0 Å². The molecule has 0 spiro atoms. The Morgan fingerprint density at radius 2 is 1.47 bits per heavy atom. The Morgan fingerprint density at radius 3 is 1.93 bits per heavy atom. The second-order valence-corrected chi connectivity index (χ2v) is 6.13. The molecule has 0 aliphatic heterocycles. The predicted molar refractivity (Wildman–Crippen MR) is 92.4 cm³/mol. The van der Waals surface area contributed by atoms with Crippen LogP contribution in [0.25, 0.3) is 0 Å². The molecule has 0 heterocycles. The number of nitrogens with zero attached hydrogens (tertiary/aromatic N) is 1. The van der Waals surface area contributed by atoms with Gasteiger partial charge in [0.1, 0.15) is 17.9 Å². The number of aromatic hydroxyl groups is 2. The lowest BCUT2D eigenvalue weighted by atomic mass is 9.72. The third-order valence-electron chi connectivity index (χ3n) is 4.25. The smallest absolute Gasteiger partial charge is 0.411 e. The summed E-state index contributed by atoms with van der Waals surface area (Å²) in [5, 5.41) is 29.5. The lowest BCUT2D eigenvalue weighted by Crippen LogP contribution is -2.54. The molecule has 0 saturated carbocycles. The van der Waals surface area contributed by atoms with Crippen LogP contribution in [-0.4, -0.2) is 28.5 Å². The number of halogens is 6. The van der Waals surface area contributed by atoms with E-state index < -0.39 is 64.1 Å². The van der Waals surface area contributed by atoms with Crippen molar-refractivity contribution < 1.29 is 41.4 Å². The number of alkyl halides is 6. The van der Waals surface area contributed by atoms with Gasteiger partial charge in [0.05, 0.1) is 17.4 Å². The number of hydrogen-bond acceptors (Lipinski definition) is 5. The Bertz CT molecular complexity index is 998. The highest BCUT2D eigenvalue weighted by Crippen LogP contribution is 2.57. The van der Waals surface area contributed by atoms with Crippen LogP contribution in [0.3, 0.4) is 0 Å². The zero-order chi connectivity index (χ0) is 22.9. The van der Waals surface area contributed by atoms with Gasteiger partial charge in [-0.05, 0) is 35.4 Å². The van der Waals surface area contributed by atoms with E-state index in [-0.39, 0.29) is 0 Å². The van der Waals surface area contributed by atoms with Gasteiger partial charge in [0, 0.05) is 0 Å². The maximum atomic E-state index is 14.1. The molecular formula is C18H13F6N3O3. The van der Waals surface area contributed by atoms with Crippen LogP contribution in [0.15, 0.2) is 36.4 Å². The maximum Gasteiger partial charge on any atom is 0.411 e. The van der Waals surface area contributed by atoms with Crippen molar-refractivity contribution >= 4 is 17.3 Å². The van der Waals surface area contributed by atoms with Gasteiger partial charge in [-0.1, -0.05) is 12.1 Å². The summed E-state index contributed by atoms with van der Waals surface area (Å²) in [5.41, 5.74) is -3.47. The summed E-state index contributed by atoms with van der Waals surface area (Å²) in [4.78, 5) is 11.5. The summed E-state index contributed by atoms with van der Waals surface area (Å²) >= 11 is 0. The molecule has 5 N–H and O–H groups in total. The van der Waals surface area contributed by atoms with Gasteiger partial charge in [-0.25, -0.2) is 0 Å². The average Bonchev–Trinajstić information content (AvgIpc) is 2.59. The second-order valence-electron chi connectivity index (χ2n) is 6.13.